The van der Waals surface area contributed by atoms with Gasteiger partial charge in [-0.2, -0.15) is 0 Å². The van der Waals surface area contributed by atoms with Crippen molar-refractivity contribution in [1.29, 1.82) is 0 Å². The van der Waals surface area contributed by atoms with E-state index >= 15 is 0 Å². The normalized spacial score (nSPS) is 14.0. The molecule has 0 atom stereocenters. The number of hydrogen-bond acceptors (Lipinski definition) is 2. The first kappa shape index (κ1) is 26.4. The molecule has 198 valence electrons. The summed E-state index contributed by atoms with van der Waals surface area (Å²) >= 11 is 0. The molecular weight excluding hydrogens is 484 g/mol. The number of fused-ring (bicyclic) bond motifs is 3. The van der Waals surface area contributed by atoms with Gasteiger partial charge in [0.15, 0.2) is 0 Å². The zero-order valence-electron chi connectivity index (χ0n) is 23.3. The first-order valence-electron chi connectivity index (χ1n) is 13.2. The number of carboxylic acids is 2. The largest absolute Gasteiger partial charge is 0.478 e. The van der Waals surface area contributed by atoms with E-state index in [1.807, 2.05) is 90.1 Å². The average Bonchev–Trinajstić information content (AvgIpc) is 3.18. The Bertz CT molecular complexity index is 1510. The maximum absolute atomic E-state index is 12.2. The van der Waals surface area contributed by atoms with Gasteiger partial charge in [-0.25, -0.2) is 9.59 Å². The van der Waals surface area contributed by atoms with Gasteiger partial charge in [0.25, 0.3) is 0 Å². The van der Waals surface area contributed by atoms with Crippen LogP contribution in [0.25, 0.3) is 11.1 Å². The van der Waals surface area contributed by atoms with Gasteiger partial charge in [-0.15, -0.1) is 0 Å². The van der Waals surface area contributed by atoms with Gasteiger partial charge < -0.3 is 10.2 Å². The van der Waals surface area contributed by atoms with Crippen molar-refractivity contribution in [2.75, 3.05) is 0 Å². The first-order valence-corrected chi connectivity index (χ1v) is 13.2. The summed E-state index contributed by atoms with van der Waals surface area (Å²) in [5, 5.41) is 20.1. The van der Waals surface area contributed by atoms with E-state index in [0.29, 0.717) is 0 Å². The molecule has 2 N–H and O–H groups in total. The number of carbonyl (C=O) groups is 2. The fourth-order valence-electron chi connectivity index (χ4n) is 6.19. The second kappa shape index (κ2) is 8.94. The number of carboxylic acid groups (broad SMARTS) is 2. The molecule has 4 heteroatoms. The minimum absolute atomic E-state index is 0.289. The monoisotopic (exact) mass is 518 g/mol. The van der Waals surface area contributed by atoms with E-state index in [1.165, 1.54) is 0 Å². The van der Waals surface area contributed by atoms with Crippen LogP contribution in [0, 0.1) is 0 Å². The van der Waals surface area contributed by atoms with Gasteiger partial charge in [-0.3, -0.25) is 0 Å². The summed E-state index contributed by atoms with van der Waals surface area (Å²) in [6, 6.07) is 28.1. The Balaban J connectivity index is 1.97. The summed E-state index contributed by atoms with van der Waals surface area (Å²) in [6.07, 6.45) is 0. The van der Waals surface area contributed by atoms with E-state index in [1.54, 1.807) is 12.1 Å². The van der Waals surface area contributed by atoms with Crippen molar-refractivity contribution >= 4 is 11.9 Å². The zero-order chi connectivity index (χ0) is 28.3. The second-order valence-electron chi connectivity index (χ2n) is 12.5. The van der Waals surface area contributed by atoms with Crippen LogP contribution in [0.2, 0.25) is 0 Å². The van der Waals surface area contributed by atoms with Gasteiger partial charge in [0, 0.05) is 0 Å². The molecule has 0 fully saturated rings. The summed E-state index contributed by atoms with van der Waals surface area (Å²) in [5.41, 5.74) is 6.85. The fourth-order valence-corrected chi connectivity index (χ4v) is 6.19. The van der Waals surface area contributed by atoms with Gasteiger partial charge in [0.2, 0.25) is 0 Å². The maximum Gasteiger partial charge on any atom is 0.335 e. The zero-order valence-corrected chi connectivity index (χ0v) is 23.3. The molecule has 0 saturated heterocycles. The highest BCUT2D eigenvalue weighted by atomic mass is 16.4. The first-order chi connectivity index (χ1) is 18.3. The molecule has 0 saturated carbocycles. The van der Waals surface area contributed by atoms with Crippen LogP contribution in [-0.2, 0) is 16.2 Å². The highest BCUT2D eigenvalue weighted by molar-refractivity contribution is 5.92. The molecule has 0 heterocycles. The summed E-state index contributed by atoms with van der Waals surface area (Å²) in [5.74, 6) is -1.90. The second-order valence-corrected chi connectivity index (χ2v) is 12.5. The van der Waals surface area contributed by atoms with Gasteiger partial charge >= 0.3 is 11.9 Å². The quantitative estimate of drug-likeness (QED) is 0.252. The average molecular weight is 519 g/mol. The number of benzene rings is 4. The molecule has 0 aliphatic heterocycles. The van der Waals surface area contributed by atoms with E-state index in [4.69, 9.17) is 0 Å². The van der Waals surface area contributed by atoms with Crippen LogP contribution in [0.15, 0.2) is 84.9 Å². The van der Waals surface area contributed by atoms with E-state index in [2.05, 4.69) is 24.3 Å². The molecule has 4 aromatic rings. The number of hydrogen-bond donors (Lipinski definition) is 2. The van der Waals surface area contributed by atoms with Crippen molar-refractivity contribution < 1.29 is 19.8 Å². The minimum atomic E-state index is -0.950. The summed E-state index contributed by atoms with van der Waals surface area (Å²) < 4.78 is 0. The Hall–Kier alpha value is -4.18. The van der Waals surface area contributed by atoms with Gasteiger partial charge in [-0.1, -0.05) is 114 Å². The lowest BCUT2D eigenvalue weighted by Gasteiger charge is -2.36. The van der Waals surface area contributed by atoms with Crippen LogP contribution in [0.3, 0.4) is 0 Å². The molecule has 5 rings (SSSR count). The minimum Gasteiger partial charge on any atom is -0.478 e. The van der Waals surface area contributed by atoms with E-state index in [0.717, 1.165) is 44.5 Å². The van der Waals surface area contributed by atoms with Crippen molar-refractivity contribution in [2.45, 2.75) is 57.8 Å². The summed E-state index contributed by atoms with van der Waals surface area (Å²) in [4.78, 5) is 24.5. The van der Waals surface area contributed by atoms with E-state index < -0.39 is 28.2 Å². The standard InChI is InChI=1S/C35H34O4/c1-33(2,3)29-19-21(15-17-25(29)31(36)37)35(22-16-18-26(32(38)39)30(20-22)34(4,5)6)27-13-9-7-11-23(27)24-12-8-10-14-28(24)35/h7-20H,1-6H3,(H,36,37)(H,38,39). The van der Waals surface area contributed by atoms with E-state index in [-0.39, 0.29) is 11.1 Å². The number of rotatable bonds is 4. The highest BCUT2D eigenvalue weighted by Crippen LogP contribution is 2.56. The van der Waals surface area contributed by atoms with Crippen LogP contribution in [0.1, 0.15) is 95.6 Å². The lowest BCUT2D eigenvalue weighted by Crippen LogP contribution is -2.31. The topological polar surface area (TPSA) is 74.6 Å². The molecule has 0 bridgehead atoms. The van der Waals surface area contributed by atoms with Crippen LogP contribution in [0.4, 0.5) is 0 Å². The van der Waals surface area contributed by atoms with Crippen LogP contribution in [0.5, 0.6) is 0 Å². The summed E-state index contributed by atoms with van der Waals surface area (Å²) in [6.45, 7) is 12.2. The van der Waals surface area contributed by atoms with Gasteiger partial charge in [-0.05, 0) is 67.5 Å². The number of aromatic carboxylic acids is 2. The molecule has 0 spiro atoms. The maximum atomic E-state index is 12.2. The third kappa shape index (κ3) is 4.06. The Kier molecular flexibility index (Phi) is 6.06. The smallest absolute Gasteiger partial charge is 0.335 e. The Morgan fingerprint density at radius 1 is 0.564 bits per heavy atom. The van der Waals surface area contributed by atoms with Crippen molar-refractivity contribution in [1.82, 2.24) is 0 Å². The molecule has 4 aromatic carbocycles. The van der Waals surface area contributed by atoms with E-state index in [9.17, 15) is 19.8 Å². The molecule has 0 amide bonds. The van der Waals surface area contributed by atoms with Crippen LogP contribution < -0.4 is 0 Å². The van der Waals surface area contributed by atoms with Crippen molar-refractivity contribution in [3.05, 3.63) is 129 Å². The lowest BCUT2D eigenvalue weighted by atomic mass is 9.65. The molecule has 0 unspecified atom stereocenters. The Labute approximate surface area is 230 Å². The van der Waals surface area contributed by atoms with Gasteiger partial charge in [0.05, 0.1) is 16.5 Å². The third-order valence-corrected chi connectivity index (χ3v) is 7.93. The Morgan fingerprint density at radius 2 is 0.923 bits per heavy atom. The molecule has 0 aromatic heterocycles. The molecular formula is C35H34O4. The van der Waals surface area contributed by atoms with Gasteiger partial charge in [0.1, 0.15) is 0 Å². The fraction of sp³-hybridized carbons (Fsp3) is 0.257. The van der Waals surface area contributed by atoms with Crippen molar-refractivity contribution in [3.8, 4) is 11.1 Å². The third-order valence-electron chi connectivity index (χ3n) is 7.93. The highest BCUT2D eigenvalue weighted by Gasteiger charge is 2.47. The molecule has 0 radical (unpaired) electrons. The predicted molar refractivity (Wildman–Crippen MR) is 155 cm³/mol. The van der Waals surface area contributed by atoms with Crippen molar-refractivity contribution in [2.24, 2.45) is 0 Å². The molecule has 39 heavy (non-hydrogen) atoms. The van der Waals surface area contributed by atoms with Crippen LogP contribution >= 0.6 is 0 Å². The molecule has 1 aliphatic rings. The molecule has 1 aliphatic carbocycles. The summed E-state index contributed by atoms with van der Waals surface area (Å²) in [7, 11) is 0. The van der Waals surface area contributed by atoms with Crippen LogP contribution in [-0.4, -0.2) is 22.2 Å². The van der Waals surface area contributed by atoms with Crippen molar-refractivity contribution in [3.63, 3.8) is 0 Å². The predicted octanol–water partition coefficient (Wildman–Crippen LogP) is 8.04. The Morgan fingerprint density at radius 3 is 1.26 bits per heavy atom. The molecule has 4 nitrogen and oxygen atoms in total. The lowest BCUT2D eigenvalue weighted by molar-refractivity contribution is 0.0683. The SMILES string of the molecule is CC(C)(C)c1cc(C2(c3ccc(C(=O)O)c(C(C)(C)C)c3)c3ccccc3-c3ccccc32)ccc1C(=O)O.